The zero-order valence-electron chi connectivity index (χ0n) is 14.0. The average Bonchev–Trinajstić information content (AvgIpc) is 3.17. The van der Waals surface area contributed by atoms with Gasteiger partial charge in [-0.05, 0) is 25.0 Å². The third-order valence-electron chi connectivity index (χ3n) is 4.26. The molecule has 6 heteroatoms. The molecule has 1 fully saturated rings. The molecule has 3 rings (SSSR count). The van der Waals surface area contributed by atoms with Crippen molar-refractivity contribution in [3.8, 4) is 5.75 Å². The van der Waals surface area contributed by atoms with Crippen LogP contribution in [0.25, 0.3) is 0 Å². The van der Waals surface area contributed by atoms with Crippen LogP contribution < -0.4 is 4.74 Å². The van der Waals surface area contributed by atoms with Crippen molar-refractivity contribution >= 4 is 23.9 Å². The molecule has 0 N–H and O–H groups in total. The van der Waals surface area contributed by atoms with Crippen molar-refractivity contribution in [2.24, 2.45) is 0 Å². The number of para-hydroxylation sites is 1. The summed E-state index contributed by atoms with van der Waals surface area (Å²) in [6.07, 6.45) is 1.31. The molecule has 1 amide bonds. The third-order valence-corrected chi connectivity index (χ3v) is 4.26. The van der Waals surface area contributed by atoms with Gasteiger partial charge in [0.2, 0.25) is 11.6 Å². The first kappa shape index (κ1) is 17.5. The largest absolute Gasteiger partial charge is 0.415 e. The molecule has 2 aromatic rings. The molecule has 0 spiro atoms. The van der Waals surface area contributed by atoms with Gasteiger partial charge in [0.1, 0.15) is 12.0 Å². The number of hydrogen-bond donors (Lipinski definition) is 0. The smallest absolute Gasteiger partial charge is 0.409 e. The first-order valence-corrected chi connectivity index (χ1v) is 8.28. The molecule has 26 heavy (non-hydrogen) atoms. The number of amides is 1. The van der Waals surface area contributed by atoms with E-state index in [1.165, 1.54) is 17.0 Å². The summed E-state index contributed by atoms with van der Waals surface area (Å²) in [5.74, 6) is -1.43. The quantitative estimate of drug-likeness (QED) is 0.470. The Bertz CT molecular complexity index is 846. The average molecular weight is 351 g/mol. The fraction of sp³-hybridized carbons (Fsp3) is 0.200. The summed E-state index contributed by atoms with van der Waals surface area (Å²) < 4.78 is 5.32. The van der Waals surface area contributed by atoms with Crippen molar-refractivity contribution in [2.45, 2.75) is 18.9 Å². The summed E-state index contributed by atoms with van der Waals surface area (Å²) in [6, 6.07) is 13.7. The molecule has 0 saturated carbocycles. The number of Topliss-reactive ketones (excluding diaryl/α,β-unsaturated/α-hetero) is 2. The van der Waals surface area contributed by atoms with Gasteiger partial charge in [-0.15, -0.1) is 0 Å². The summed E-state index contributed by atoms with van der Waals surface area (Å²) >= 11 is 0. The van der Waals surface area contributed by atoms with E-state index in [1.807, 2.05) is 0 Å². The molecular weight excluding hydrogens is 334 g/mol. The van der Waals surface area contributed by atoms with Crippen LogP contribution >= 0.6 is 0 Å². The van der Waals surface area contributed by atoms with Crippen LogP contribution in [0.1, 0.15) is 33.6 Å². The maximum absolute atomic E-state index is 12.6. The topological polar surface area (TPSA) is 80.8 Å². The van der Waals surface area contributed by atoms with Crippen molar-refractivity contribution in [2.75, 3.05) is 6.54 Å². The molecule has 6 nitrogen and oxygen atoms in total. The molecule has 1 aliphatic rings. The molecule has 0 radical (unpaired) electrons. The highest BCUT2D eigenvalue weighted by molar-refractivity contribution is 6.49. The predicted molar refractivity (Wildman–Crippen MR) is 93.4 cm³/mol. The van der Waals surface area contributed by atoms with Crippen LogP contribution in [0.4, 0.5) is 4.79 Å². The second-order valence-electron chi connectivity index (χ2n) is 5.93. The Balaban J connectivity index is 1.82. The van der Waals surface area contributed by atoms with Gasteiger partial charge in [-0.2, -0.15) is 0 Å². The van der Waals surface area contributed by atoms with Gasteiger partial charge >= 0.3 is 6.09 Å². The SMILES string of the molecule is O=C[C@@H]1CCCN1C(=O)Oc1ccccc1C(=O)C(=O)c1ccccc1. The molecule has 0 aliphatic carbocycles. The fourth-order valence-electron chi connectivity index (χ4n) is 2.90. The summed E-state index contributed by atoms with van der Waals surface area (Å²) in [5, 5.41) is 0. The zero-order valence-corrected chi connectivity index (χ0v) is 14.0. The lowest BCUT2D eigenvalue weighted by Crippen LogP contribution is -2.38. The normalized spacial score (nSPS) is 16.2. The van der Waals surface area contributed by atoms with E-state index in [4.69, 9.17) is 4.74 Å². The number of hydrogen-bond acceptors (Lipinski definition) is 5. The van der Waals surface area contributed by atoms with Gasteiger partial charge in [0.15, 0.2) is 0 Å². The highest BCUT2D eigenvalue weighted by atomic mass is 16.6. The maximum atomic E-state index is 12.6. The number of carbonyl (C=O) groups excluding carboxylic acids is 4. The minimum absolute atomic E-state index is 0.00308. The summed E-state index contributed by atoms with van der Waals surface area (Å²) in [6.45, 7) is 0.418. The van der Waals surface area contributed by atoms with E-state index >= 15 is 0 Å². The van der Waals surface area contributed by atoms with Crippen molar-refractivity contribution in [3.05, 3.63) is 65.7 Å². The monoisotopic (exact) mass is 351 g/mol. The second-order valence-corrected chi connectivity index (χ2v) is 5.93. The van der Waals surface area contributed by atoms with E-state index in [0.717, 1.165) is 0 Å². The van der Waals surface area contributed by atoms with E-state index in [-0.39, 0.29) is 16.9 Å². The van der Waals surface area contributed by atoms with Gasteiger partial charge < -0.3 is 9.53 Å². The molecule has 0 aromatic heterocycles. The first-order valence-electron chi connectivity index (χ1n) is 8.28. The fourth-order valence-corrected chi connectivity index (χ4v) is 2.90. The second kappa shape index (κ2) is 7.74. The Hall–Kier alpha value is -3.28. The molecule has 1 saturated heterocycles. The minimum Gasteiger partial charge on any atom is -0.409 e. The molecule has 0 bridgehead atoms. The van der Waals surface area contributed by atoms with Crippen molar-refractivity contribution < 1.29 is 23.9 Å². The Morgan fingerprint density at radius 1 is 0.962 bits per heavy atom. The van der Waals surface area contributed by atoms with Gasteiger partial charge in [-0.25, -0.2) is 4.79 Å². The summed E-state index contributed by atoms with van der Waals surface area (Å²) in [4.78, 5) is 49.7. The number of aldehydes is 1. The van der Waals surface area contributed by atoms with E-state index in [2.05, 4.69) is 0 Å². The van der Waals surface area contributed by atoms with E-state index in [1.54, 1.807) is 42.5 Å². The molecule has 1 atom stereocenters. The number of benzene rings is 2. The van der Waals surface area contributed by atoms with Gasteiger partial charge in [-0.1, -0.05) is 42.5 Å². The highest BCUT2D eigenvalue weighted by Crippen LogP contribution is 2.23. The lowest BCUT2D eigenvalue weighted by molar-refractivity contribution is -0.111. The Morgan fingerprint density at radius 3 is 2.38 bits per heavy atom. The van der Waals surface area contributed by atoms with E-state index < -0.39 is 23.7 Å². The number of nitrogens with zero attached hydrogens (tertiary/aromatic N) is 1. The molecule has 0 unspecified atom stereocenters. The third kappa shape index (κ3) is 3.54. The molecule has 132 valence electrons. The van der Waals surface area contributed by atoms with Gasteiger partial charge in [0.05, 0.1) is 11.6 Å². The van der Waals surface area contributed by atoms with E-state index in [9.17, 15) is 19.2 Å². The number of rotatable bonds is 5. The number of carbonyl (C=O) groups is 4. The van der Waals surface area contributed by atoms with Crippen molar-refractivity contribution in [1.82, 2.24) is 4.90 Å². The minimum atomic E-state index is -0.757. The van der Waals surface area contributed by atoms with Crippen LogP contribution in [-0.4, -0.2) is 41.4 Å². The van der Waals surface area contributed by atoms with Gasteiger partial charge in [-0.3, -0.25) is 14.5 Å². The number of ether oxygens (including phenoxy) is 1. The predicted octanol–water partition coefficient (Wildman–Crippen LogP) is 2.91. The van der Waals surface area contributed by atoms with Crippen LogP contribution in [0.15, 0.2) is 54.6 Å². The number of likely N-dealkylation sites (tertiary alicyclic amines) is 1. The van der Waals surface area contributed by atoms with Crippen LogP contribution in [-0.2, 0) is 4.79 Å². The number of ketones is 2. The van der Waals surface area contributed by atoms with Crippen LogP contribution in [0.5, 0.6) is 5.75 Å². The lowest BCUT2D eigenvalue weighted by Gasteiger charge is -2.20. The van der Waals surface area contributed by atoms with Crippen LogP contribution in [0.2, 0.25) is 0 Å². The Labute approximate surface area is 150 Å². The summed E-state index contributed by atoms with van der Waals surface area (Å²) in [5.41, 5.74) is 0.274. The molecule has 1 heterocycles. The van der Waals surface area contributed by atoms with Crippen molar-refractivity contribution in [1.29, 1.82) is 0 Å². The standard InChI is InChI=1S/C20H17NO5/c22-13-15-9-6-12-21(15)20(25)26-17-11-5-4-10-16(17)19(24)18(23)14-7-2-1-3-8-14/h1-5,7-8,10-11,13,15H,6,9,12H2/t15-/m0/s1. The maximum Gasteiger partial charge on any atom is 0.415 e. The van der Waals surface area contributed by atoms with Gasteiger partial charge in [0.25, 0.3) is 0 Å². The molecule has 2 aromatic carbocycles. The first-order chi connectivity index (χ1) is 12.6. The van der Waals surface area contributed by atoms with Crippen LogP contribution in [0, 0.1) is 0 Å². The highest BCUT2D eigenvalue weighted by Gasteiger charge is 2.31. The summed E-state index contributed by atoms with van der Waals surface area (Å²) in [7, 11) is 0. The van der Waals surface area contributed by atoms with E-state index in [0.29, 0.717) is 25.7 Å². The van der Waals surface area contributed by atoms with Crippen molar-refractivity contribution in [3.63, 3.8) is 0 Å². The van der Waals surface area contributed by atoms with Crippen LogP contribution in [0.3, 0.4) is 0 Å². The lowest BCUT2D eigenvalue weighted by atomic mass is 10.0. The zero-order chi connectivity index (χ0) is 18.5. The van der Waals surface area contributed by atoms with Gasteiger partial charge in [0, 0.05) is 12.1 Å². The molecule has 1 aliphatic heterocycles. The Kier molecular flexibility index (Phi) is 5.22. The Morgan fingerprint density at radius 2 is 1.65 bits per heavy atom. The molecular formula is C20H17NO5.